The first kappa shape index (κ1) is 15.3. The molecule has 0 atom stereocenters. The van der Waals surface area contributed by atoms with E-state index in [0.29, 0.717) is 25.3 Å². The highest BCUT2D eigenvalue weighted by atomic mass is 16.5. The molecule has 5 heteroatoms. The zero-order valence-corrected chi connectivity index (χ0v) is 12.0. The van der Waals surface area contributed by atoms with Crippen molar-refractivity contribution < 1.29 is 19.1 Å². The van der Waals surface area contributed by atoms with E-state index in [2.05, 4.69) is 4.90 Å². The standard InChI is InChI=1S/C16H19NO4/c1-20-9-7-17(12-15-6-3-8-21-15)11-13-4-2-5-14(10-13)16(18)19/h2-6,8,10H,7,9,11-12H2,1H3,(H,18,19). The SMILES string of the molecule is COCCN(Cc1cccc(C(=O)O)c1)Cc1ccco1. The summed E-state index contributed by atoms with van der Waals surface area (Å²) in [7, 11) is 1.66. The molecule has 0 aliphatic rings. The molecule has 1 aromatic carbocycles. The van der Waals surface area contributed by atoms with E-state index < -0.39 is 5.97 Å². The lowest BCUT2D eigenvalue weighted by Crippen LogP contribution is -2.26. The van der Waals surface area contributed by atoms with Crippen molar-refractivity contribution >= 4 is 5.97 Å². The molecule has 1 N–H and O–H groups in total. The van der Waals surface area contributed by atoms with Gasteiger partial charge in [-0.05, 0) is 29.8 Å². The molecule has 2 rings (SSSR count). The van der Waals surface area contributed by atoms with Crippen LogP contribution in [0.3, 0.4) is 0 Å². The van der Waals surface area contributed by atoms with E-state index in [1.165, 1.54) is 0 Å². The predicted octanol–water partition coefficient (Wildman–Crippen LogP) is 2.63. The van der Waals surface area contributed by atoms with E-state index in [1.807, 2.05) is 18.2 Å². The monoisotopic (exact) mass is 289 g/mol. The van der Waals surface area contributed by atoms with Crippen LogP contribution in [0, 0.1) is 0 Å². The predicted molar refractivity (Wildman–Crippen MR) is 78.1 cm³/mol. The molecule has 112 valence electrons. The van der Waals surface area contributed by atoms with Crippen LogP contribution in [0.25, 0.3) is 0 Å². The summed E-state index contributed by atoms with van der Waals surface area (Å²) >= 11 is 0. The fraction of sp³-hybridized carbons (Fsp3) is 0.312. The average molecular weight is 289 g/mol. The van der Waals surface area contributed by atoms with Crippen LogP contribution in [0.2, 0.25) is 0 Å². The first-order chi connectivity index (χ1) is 10.2. The molecule has 0 amide bonds. The van der Waals surface area contributed by atoms with Crippen molar-refractivity contribution in [3.8, 4) is 0 Å². The second-order valence-corrected chi connectivity index (χ2v) is 4.79. The number of nitrogens with zero attached hydrogens (tertiary/aromatic N) is 1. The summed E-state index contributed by atoms with van der Waals surface area (Å²) in [6.45, 7) is 2.66. The molecule has 0 bridgehead atoms. The highest BCUT2D eigenvalue weighted by molar-refractivity contribution is 5.87. The van der Waals surface area contributed by atoms with Gasteiger partial charge in [0.1, 0.15) is 5.76 Å². The van der Waals surface area contributed by atoms with E-state index in [4.69, 9.17) is 14.3 Å². The highest BCUT2D eigenvalue weighted by Gasteiger charge is 2.10. The summed E-state index contributed by atoms with van der Waals surface area (Å²) in [5.41, 5.74) is 1.26. The minimum atomic E-state index is -0.911. The number of hydrogen-bond donors (Lipinski definition) is 1. The molecule has 1 heterocycles. The summed E-state index contributed by atoms with van der Waals surface area (Å²) < 4.78 is 10.5. The Labute approximate surface area is 123 Å². The van der Waals surface area contributed by atoms with Gasteiger partial charge in [0.15, 0.2) is 0 Å². The Kier molecular flexibility index (Phi) is 5.54. The van der Waals surface area contributed by atoms with Crippen molar-refractivity contribution in [3.63, 3.8) is 0 Å². The van der Waals surface area contributed by atoms with Gasteiger partial charge in [-0.25, -0.2) is 4.79 Å². The Hall–Kier alpha value is -2.11. The lowest BCUT2D eigenvalue weighted by molar-refractivity contribution is 0.0696. The molecule has 0 unspecified atom stereocenters. The number of furan rings is 1. The van der Waals surface area contributed by atoms with Gasteiger partial charge in [0.2, 0.25) is 0 Å². The molecule has 0 saturated carbocycles. The van der Waals surface area contributed by atoms with Gasteiger partial charge in [0.25, 0.3) is 0 Å². The van der Waals surface area contributed by atoms with Crippen molar-refractivity contribution in [2.45, 2.75) is 13.1 Å². The Morgan fingerprint density at radius 3 is 2.81 bits per heavy atom. The van der Waals surface area contributed by atoms with E-state index in [-0.39, 0.29) is 0 Å². The molecular weight excluding hydrogens is 270 g/mol. The number of carbonyl (C=O) groups is 1. The highest BCUT2D eigenvalue weighted by Crippen LogP contribution is 2.12. The average Bonchev–Trinajstić information content (AvgIpc) is 2.98. The van der Waals surface area contributed by atoms with E-state index >= 15 is 0 Å². The van der Waals surface area contributed by atoms with Gasteiger partial charge in [-0.2, -0.15) is 0 Å². The number of aromatic carboxylic acids is 1. The number of benzene rings is 1. The van der Waals surface area contributed by atoms with Crippen LogP contribution in [0.5, 0.6) is 0 Å². The summed E-state index contributed by atoms with van der Waals surface area (Å²) in [5.74, 6) is -0.0354. The maximum absolute atomic E-state index is 11.0. The summed E-state index contributed by atoms with van der Waals surface area (Å²) in [6.07, 6.45) is 1.65. The van der Waals surface area contributed by atoms with E-state index in [1.54, 1.807) is 31.6 Å². The second-order valence-electron chi connectivity index (χ2n) is 4.79. The number of carboxylic acid groups (broad SMARTS) is 1. The Morgan fingerprint density at radius 1 is 1.29 bits per heavy atom. The maximum Gasteiger partial charge on any atom is 0.335 e. The van der Waals surface area contributed by atoms with Gasteiger partial charge in [-0.15, -0.1) is 0 Å². The largest absolute Gasteiger partial charge is 0.478 e. The number of methoxy groups -OCH3 is 1. The number of rotatable bonds is 8. The van der Waals surface area contributed by atoms with Crippen LogP contribution >= 0.6 is 0 Å². The van der Waals surface area contributed by atoms with Gasteiger partial charge in [-0.3, -0.25) is 4.90 Å². The lowest BCUT2D eigenvalue weighted by Gasteiger charge is -2.21. The van der Waals surface area contributed by atoms with Crippen LogP contribution in [0.4, 0.5) is 0 Å². The first-order valence-electron chi connectivity index (χ1n) is 6.75. The molecule has 0 aliphatic carbocycles. The molecule has 0 aliphatic heterocycles. The molecule has 1 aromatic heterocycles. The third kappa shape index (κ3) is 4.73. The Bertz CT molecular complexity index is 565. The summed E-state index contributed by atoms with van der Waals surface area (Å²) in [5, 5.41) is 9.04. The normalized spacial score (nSPS) is 11.0. The minimum Gasteiger partial charge on any atom is -0.478 e. The van der Waals surface area contributed by atoms with Crippen LogP contribution < -0.4 is 0 Å². The molecule has 2 aromatic rings. The van der Waals surface area contributed by atoms with Crippen LogP contribution in [-0.4, -0.2) is 36.2 Å². The van der Waals surface area contributed by atoms with Gasteiger partial charge in [0, 0.05) is 20.2 Å². The first-order valence-corrected chi connectivity index (χ1v) is 6.75. The summed E-state index contributed by atoms with van der Waals surface area (Å²) in [6, 6.07) is 10.8. The van der Waals surface area contributed by atoms with Crippen molar-refractivity contribution in [3.05, 3.63) is 59.5 Å². The van der Waals surface area contributed by atoms with Crippen molar-refractivity contribution in [2.24, 2.45) is 0 Å². The topological polar surface area (TPSA) is 62.9 Å². The van der Waals surface area contributed by atoms with Crippen molar-refractivity contribution in [1.82, 2.24) is 4.90 Å². The maximum atomic E-state index is 11.0. The zero-order chi connectivity index (χ0) is 15.1. The van der Waals surface area contributed by atoms with Crippen molar-refractivity contribution in [2.75, 3.05) is 20.3 Å². The Morgan fingerprint density at radius 2 is 2.14 bits per heavy atom. The third-order valence-electron chi connectivity index (χ3n) is 3.15. The van der Waals surface area contributed by atoms with Gasteiger partial charge in [0.05, 0.1) is 25.0 Å². The molecule has 21 heavy (non-hydrogen) atoms. The molecule has 0 radical (unpaired) electrons. The van der Waals surface area contributed by atoms with Crippen LogP contribution in [-0.2, 0) is 17.8 Å². The molecule has 0 fully saturated rings. The van der Waals surface area contributed by atoms with E-state index in [9.17, 15) is 4.79 Å². The molecular formula is C16H19NO4. The smallest absolute Gasteiger partial charge is 0.335 e. The molecule has 0 spiro atoms. The zero-order valence-electron chi connectivity index (χ0n) is 12.0. The van der Waals surface area contributed by atoms with Crippen molar-refractivity contribution in [1.29, 1.82) is 0 Å². The molecule has 5 nitrogen and oxygen atoms in total. The number of carboxylic acids is 1. The fourth-order valence-electron chi connectivity index (χ4n) is 2.12. The van der Waals surface area contributed by atoms with Crippen LogP contribution in [0.15, 0.2) is 47.1 Å². The molecule has 0 saturated heterocycles. The number of ether oxygens (including phenoxy) is 1. The van der Waals surface area contributed by atoms with Gasteiger partial charge in [-0.1, -0.05) is 12.1 Å². The van der Waals surface area contributed by atoms with Gasteiger partial charge >= 0.3 is 5.97 Å². The minimum absolute atomic E-state index is 0.303. The lowest BCUT2D eigenvalue weighted by atomic mass is 10.1. The quantitative estimate of drug-likeness (QED) is 0.809. The Balaban J connectivity index is 2.06. The third-order valence-corrected chi connectivity index (χ3v) is 3.15. The second kappa shape index (κ2) is 7.61. The van der Waals surface area contributed by atoms with Gasteiger partial charge < -0.3 is 14.3 Å². The van der Waals surface area contributed by atoms with E-state index in [0.717, 1.165) is 17.9 Å². The van der Waals surface area contributed by atoms with Crippen LogP contribution in [0.1, 0.15) is 21.7 Å². The fourth-order valence-corrected chi connectivity index (χ4v) is 2.12. The number of hydrogen-bond acceptors (Lipinski definition) is 4. The summed E-state index contributed by atoms with van der Waals surface area (Å²) in [4.78, 5) is 13.2.